The van der Waals surface area contributed by atoms with Crippen molar-refractivity contribution in [1.82, 2.24) is 29.5 Å². The zero-order valence-electron chi connectivity index (χ0n) is 16.9. The summed E-state index contributed by atoms with van der Waals surface area (Å²) in [6.45, 7) is 1.95. The van der Waals surface area contributed by atoms with Crippen LogP contribution in [0.1, 0.15) is 37.8 Å². The van der Waals surface area contributed by atoms with Crippen LogP contribution in [-0.2, 0) is 0 Å². The van der Waals surface area contributed by atoms with Gasteiger partial charge in [-0.3, -0.25) is 9.98 Å². The van der Waals surface area contributed by atoms with E-state index < -0.39 is 5.69 Å². The van der Waals surface area contributed by atoms with Crippen molar-refractivity contribution in [2.45, 2.75) is 44.2 Å². The van der Waals surface area contributed by atoms with Gasteiger partial charge >= 0.3 is 5.69 Å². The number of likely N-dealkylation sites (N-methyl/N-ethyl adjacent to an activating group) is 1. The first kappa shape index (κ1) is 18.9. The van der Waals surface area contributed by atoms with Gasteiger partial charge in [0, 0.05) is 23.9 Å². The van der Waals surface area contributed by atoms with Crippen molar-refractivity contribution in [3.05, 3.63) is 39.1 Å². The van der Waals surface area contributed by atoms with Gasteiger partial charge in [0.15, 0.2) is 11.1 Å². The Bertz CT molecular complexity index is 1240. The number of piperidine rings is 1. The summed E-state index contributed by atoms with van der Waals surface area (Å²) in [4.78, 5) is 28.3. The third kappa shape index (κ3) is 3.82. The van der Waals surface area contributed by atoms with E-state index in [2.05, 4.69) is 32.3 Å². The van der Waals surface area contributed by atoms with Crippen molar-refractivity contribution in [3.63, 3.8) is 0 Å². The Morgan fingerprint density at radius 3 is 2.93 bits per heavy atom. The van der Waals surface area contributed by atoms with Crippen LogP contribution in [0.4, 0.5) is 5.82 Å². The number of hydrogen-bond donors (Lipinski definition) is 4. The Kier molecular flexibility index (Phi) is 4.78. The molecule has 0 spiro atoms. The molecule has 10 heteroatoms. The number of H-pyrrole nitrogens is 2. The van der Waals surface area contributed by atoms with Gasteiger partial charge in [-0.05, 0) is 45.4 Å². The second-order valence-electron chi connectivity index (χ2n) is 8.19. The SMILES string of the molecule is CN1CCCCC1CNc1cc(=NC2CC2)n2ncc(=Cc3[nH]c(=O)[nH]c3O)c2n1. The van der Waals surface area contributed by atoms with E-state index >= 15 is 0 Å². The van der Waals surface area contributed by atoms with Crippen LogP contribution >= 0.6 is 0 Å². The molecule has 158 valence electrons. The molecule has 1 saturated carbocycles. The van der Waals surface area contributed by atoms with E-state index in [1.54, 1.807) is 16.8 Å². The number of aromatic amines is 2. The summed E-state index contributed by atoms with van der Waals surface area (Å²) in [6, 6.07) is 2.77. The van der Waals surface area contributed by atoms with Gasteiger partial charge in [-0.1, -0.05) is 6.42 Å². The number of rotatable bonds is 5. The molecule has 1 saturated heterocycles. The van der Waals surface area contributed by atoms with Gasteiger partial charge < -0.3 is 20.3 Å². The number of likely N-dealkylation sites (tertiary alicyclic amines) is 1. The molecule has 10 nitrogen and oxygen atoms in total. The molecule has 4 N–H and O–H groups in total. The number of hydrogen-bond acceptors (Lipinski definition) is 7. The smallest absolute Gasteiger partial charge is 0.326 e. The number of aromatic hydroxyl groups is 1. The van der Waals surface area contributed by atoms with E-state index in [4.69, 9.17) is 9.98 Å². The van der Waals surface area contributed by atoms with Gasteiger partial charge in [0.05, 0.1) is 12.2 Å². The van der Waals surface area contributed by atoms with Crippen LogP contribution in [0.2, 0.25) is 0 Å². The normalized spacial score (nSPS) is 21.6. The van der Waals surface area contributed by atoms with Gasteiger partial charge in [-0.25, -0.2) is 9.78 Å². The van der Waals surface area contributed by atoms with Crippen LogP contribution < -0.4 is 21.7 Å². The minimum atomic E-state index is -0.466. The Labute approximate surface area is 172 Å². The van der Waals surface area contributed by atoms with E-state index in [1.165, 1.54) is 19.3 Å². The fraction of sp³-hybridized carbons (Fsp3) is 0.500. The maximum atomic E-state index is 11.4. The molecule has 1 aliphatic carbocycles. The van der Waals surface area contributed by atoms with Crippen LogP contribution in [0, 0.1) is 0 Å². The second-order valence-corrected chi connectivity index (χ2v) is 8.19. The van der Waals surface area contributed by atoms with Crippen molar-refractivity contribution in [3.8, 4) is 5.88 Å². The van der Waals surface area contributed by atoms with E-state index in [-0.39, 0.29) is 5.88 Å². The Morgan fingerprint density at radius 2 is 2.20 bits per heavy atom. The molecule has 3 aromatic heterocycles. The lowest BCUT2D eigenvalue weighted by Crippen LogP contribution is -2.41. The number of anilines is 1. The summed E-state index contributed by atoms with van der Waals surface area (Å²) < 4.78 is 1.71. The Balaban J connectivity index is 1.54. The van der Waals surface area contributed by atoms with E-state index in [0.717, 1.165) is 37.2 Å². The highest BCUT2D eigenvalue weighted by Gasteiger charge is 2.21. The van der Waals surface area contributed by atoms with Gasteiger partial charge in [-0.2, -0.15) is 9.61 Å². The number of nitrogens with one attached hydrogen (secondary N) is 3. The van der Waals surface area contributed by atoms with Crippen molar-refractivity contribution < 1.29 is 5.11 Å². The van der Waals surface area contributed by atoms with E-state index in [9.17, 15) is 9.90 Å². The molecule has 0 radical (unpaired) electrons. The number of aromatic nitrogens is 5. The lowest BCUT2D eigenvalue weighted by atomic mass is 10.0. The quantitative estimate of drug-likeness (QED) is 0.467. The monoisotopic (exact) mass is 410 g/mol. The molecule has 1 aliphatic heterocycles. The third-order valence-corrected chi connectivity index (χ3v) is 5.82. The summed E-state index contributed by atoms with van der Waals surface area (Å²) in [5.41, 5.74) is 1.21. The number of imidazole rings is 1. The first-order valence-electron chi connectivity index (χ1n) is 10.5. The topological polar surface area (TPSA) is 127 Å². The fourth-order valence-corrected chi connectivity index (χ4v) is 3.91. The molecule has 30 heavy (non-hydrogen) atoms. The molecule has 0 amide bonds. The minimum Gasteiger partial charge on any atom is -0.493 e. The second kappa shape index (κ2) is 7.60. The van der Waals surface area contributed by atoms with Gasteiger partial charge in [-0.15, -0.1) is 0 Å². The largest absolute Gasteiger partial charge is 0.493 e. The molecule has 2 fully saturated rings. The molecule has 0 aromatic carbocycles. The lowest BCUT2D eigenvalue weighted by molar-refractivity contribution is 0.194. The molecular formula is C20H26N8O2. The zero-order chi connectivity index (χ0) is 20.7. The van der Waals surface area contributed by atoms with Crippen LogP contribution in [0.25, 0.3) is 11.7 Å². The van der Waals surface area contributed by atoms with Gasteiger partial charge in [0.2, 0.25) is 5.88 Å². The van der Waals surface area contributed by atoms with Crippen molar-refractivity contribution in [1.29, 1.82) is 0 Å². The third-order valence-electron chi connectivity index (χ3n) is 5.82. The first-order valence-corrected chi connectivity index (χ1v) is 10.5. The maximum absolute atomic E-state index is 11.4. The van der Waals surface area contributed by atoms with E-state index in [0.29, 0.717) is 28.6 Å². The fourth-order valence-electron chi connectivity index (χ4n) is 3.91. The average Bonchev–Trinajstić information content (AvgIpc) is 3.36. The van der Waals surface area contributed by atoms with Crippen molar-refractivity contribution in [2.24, 2.45) is 4.99 Å². The predicted octanol–water partition coefficient (Wildman–Crippen LogP) is -0.0417. The molecule has 4 heterocycles. The number of nitrogens with zero attached hydrogens (tertiary/aromatic N) is 5. The van der Waals surface area contributed by atoms with Crippen LogP contribution in [0.3, 0.4) is 0 Å². The Hall–Kier alpha value is -3.14. The lowest BCUT2D eigenvalue weighted by Gasteiger charge is -2.32. The highest BCUT2D eigenvalue weighted by Crippen LogP contribution is 2.22. The molecule has 2 aliphatic rings. The Morgan fingerprint density at radius 1 is 1.33 bits per heavy atom. The molecule has 0 bridgehead atoms. The van der Waals surface area contributed by atoms with Crippen LogP contribution in [0.5, 0.6) is 5.88 Å². The first-order chi connectivity index (χ1) is 14.6. The zero-order valence-corrected chi connectivity index (χ0v) is 16.9. The molecule has 1 unspecified atom stereocenters. The summed E-state index contributed by atoms with van der Waals surface area (Å²) in [5, 5.41) is 18.5. The molecule has 3 aromatic rings. The van der Waals surface area contributed by atoms with Crippen LogP contribution in [-0.4, -0.2) is 66.8 Å². The summed E-state index contributed by atoms with van der Waals surface area (Å²) >= 11 is 0. The van der Waals surface area contributed by atoms with Gasteiger partial charge in [0.1, 0.15) is 11.5 Å². The van der Waals surface area contributed by atoms with E-state index in [1.807, 2.05) is 6.07 Å². The highest BCUT2D eigenvalue weighted by atomic mass is 16.3. The van der Waals surface area contributed by atoms with Crippen LogP contribution in [0.15, 0.2) is 22.1 Å². The molecular weight excluding hydrogens is 384 g/mol. The van der Waals surface area contributed by atoms with Gasteiger partial charge in [0.25, 0.3) is 0 Å². The van der Waals surface area contributed by atoms with Crippen molar-refractivity contribution >= 4 is 17.5 Å². The minimum absolute atomic E-state index is 0.211. The summed E-state index contributed by atoms with van der Waals surface area (Å²) in [5.74, 6) is 0.541. The highest BCUT2D eigenvalue weighted by molar-refractivity contribution is 5.57. The number of fused-ring (bicyclic) bond motifs is 1. The standard InChI is InChI=1S/C20H26N8O2/c1-27-7-3-2-4-14(27)11-21-16-9-17(23-13-5-6-13)28-18(25-16)12(10-22-28)8-15-19(29)26-20(30)24-15/h8-10,13-14,21,29H,2-7,11H2,1H3,(H2,24,26,30). The van der Waals surface area contributed by atoms with Crippen molar-refractivity contribution in [2.75, 3.05) is 25.5 Å². The summed E-state index contributed by atoms with van der Waals surface area (Å²) in [7, 11) is 2.17. The molecule has 5 rings (SSSR count). The maximum Gasteiger partial charge on any atom is 0.326 e. The summed E-state index contributed by atoms with van der Waals surface area (Å²) in [6.07, 6.45) is 9.20. The molecule has 1 atom stereocenters. The average molecular weight is 410 g/mol. The predicted molar refractivity (Wildman–Crippen MR) is 112 cm³/mol.